The van der Waals surface area contributed by atoms with Crippen LogP contribution >= 0.6 is 22.7 Å². The highest BCUT2D eigenvalue weighted by Crippen LogP contribution is 2.38. The minimum atomic E-state index is -1.01. The number of carboxylic acids is 1. The zero-order chi connectivity index (χ0) is 32.5. The normalized spacial score (nSPS) is 10.9. The molecule has 4 rings (SSSR count). The Morgan fingerprint density at radius 2 is 1.31 bits per heavy atom. The van der Waals surface area contributed by atoms with Crippen molar-refractivity contribution in [3.63, 3.8) is 0 Å². The van der Waals surface area contributed by atoms with E-state index in [1.54, 1.807) is 39.3 Å². The van der Waals surface area contributed by atoms with Crippen LogP contribution in [0.4, 0.5) is 0 Å². The fourth-order valence-electron chi connectivity index (χ4n) is 4.43. The zero-order valence-corrected chi connectivity index (χ0v) is 27.1. The number of fused-ring (bicyclic) bond motifs is 2. The average molecular weight is 658 g/mol. The van der Waals surface area contributed by atoms with Gasteiger partial charge in [0.1, 0.15) is 0 Å². The van der Waals surface area contributed by atoms with Crippen molar-refractivity contribution >= 4 is 66.5 Å². The van der Waals surface area contributed by atoms with E-state index < -0.39 is 5.97 Å². The number of ether oxygens (including phenoxy) is 5. The summed E-state index contributed by atoms with van der Waals surface area (Å²) in [5, 5.41) is 10.5. The summed E-state index contributed by atoms with van der Waals surface area (Å²) in [5.74, 6) is 0.377. The van der Waals surface area contributed by atoms with Gasteiger partial charge >= 0.3 is 11.9 Å². The molecule has 0 bridgehead atoms. The molecule has 0 saturated carbocycles. The van der Waals surface area contributed by atoms with Gasteiger partial charge < -0.3 is 33.7 Å². The number of methoxy groups -OCH3 is 2. The minimum absolute atomic E-state index is 0.0535. The van der Waals surface area contributed by atoms with E-state index in [0.717, 1.165) is 20.2 Å². The SMILES string of the molecule is CCOC(=O)CCN(C)C(=O)c1cc2cc(OC)c(OCCCOc3cc4sc(C(=O)CCC(=O)O)cc4cc3OC)cc2s1. The lowest BCUT2D eigenvalue weighted by atomic mass is 10.1. The molecule has 13 heteroatoms. The second-order valence-corrected chi connectivity index (χ2v) is 12.1. The highest BCUT2D eigenvalue weighted by Gasteiger charge is 2.19. The number of nitrogens with zero attached hydrogens (tertiary/aromatic N) is 1. The second-order valence-electron chi connectivity index (χ2n) is 9.95. The molecule has 11 nitrogen and oxygen atoms in total. The molecule has 0 fully saturated rings. The molecule has 0 spiro atoms. The molecular weight excluding hydrogens is 622 g/mol. The summed E-state index contributed by atoms with van der Waals surface area (Å²) in [6.45, 7) is 2.97. The topological polar surface area (TPSA) is 138 Å². The molecule has 4 aromatic rings. The quantitative estimate of drug-likeness (QED) is 0.0811. The number of Topliss-reactive ketones (excluding diaryl/α,β-unsaturated/α-hetero) is 1. The van der Waals surface area contributed by atoms with Crippen LogP contribution in [0.1, 0.15) is 52.0 Å². The number of carbonyl (C=O) groups is 4. The van der Waals surface area contributed by atoms with E-state index >= 15 is 0 Å². The molecule has 2 aromatic carbocycles. The number of rotatable bonds is 17. The third-order valence-electron chi connectivity index (χ3n) is 6.76. The van der Waals surface area contributed by atoms with Gasteiger partial charge in [-0.3, -0.25) is 19.2 Å². The number of hydrogen-bond acceptors (Lipinski definition) is 11. The zero-order valence-electron chi connectivity index (χ0n) is 25.5. The predicted molar refractivity (Wildman–Crippen MR) is 172 cm³/mol. The van der Waals surface area contributed by atoms with Gasteiger partial charge in [0.05, 0.1) is 56.6 Å². The second kappa shape index (κ2) is 15.6. The summed E-state index contributed by atoms with van der Waals surface area (Å²) < 4.78 is 29.7. The van der Waals surface area contributed by atoms with Crippen LogP contribution < -0.4 is 18.9 Å². The molecular formula is C32H35NO10S2. The van der Waals surface area contributed by atoms with Crippen LogP contribution in [0.3, 0.4) is 0 Å². The fraction of sp³-hybridized carbons (Fsp3) is 0.375. The summed E-state index contributed by atoms with van der Waals surface area (Å²) in [6, 6.07) is 10.8. The number of ketones is 1. The largest absolute Gasteiger partial charge is 0.493 e. The Labute approximate surface area is 268 Å². The van der Waals surface area contributed by atoms with Crippen molar-refractivity contribution < 1.29 is 48.0 Å². The number of aliphatic carboxylic acids is 1. The van der Waals surface area contributed by atoms with Crippen molar-refractivity contribution in [1.29, 1.82) is 0 Å². The monoisotopic (exact) mass is 657 g/mol. The summed E-state index contributed by atoms with van der Waals surface area (Å²) in [7, 11) is 4.74. The molecule has 0 aliphatic carbocycles. The molecule has 1 N–H and O–H groups in total. The summed E-state index contributed by atoms with van der Waals surface area (Å²) in [5.41, 5.74) is 0. The maximum Gasteiger partial charge on any atom is 0.307 e. The van der Waals surface area contributed by atoms with E-state index in [0.29, 0.717) is 59.0 Å². The molecule has 0 atom stereocenters. The van der Waals surface area contributed by atoms with Crippen LogP contribution in [-0.2, 0) is 14.3 Å². The van der Waals surface area contributed by atoms with E-state index in [1.165, 1.54) is 34.7 Å². The number of benzene rings is 2. The molecule has 45 heavy (non-hydrogen) atoms. The number of carboxylic acid groups (broad SMARTS) is 1. The summed E-state index contributed by atoms with van der Waals surface area (Å²) >= 11 is 2.63. The lowest BCUT2D eigenvalue weighted by molar-refractivity contribution is -0.143. The maximum absolute atomic E-state index is 12.9. The summed E-state index contributed by atoms with van der Waals surface area (Å²) in [6.07, 6.45) is 0.412. The van der Waals surface area contributed by atoms with E-state index in [-0.39, 0.29) is 43.5 Å². The number of carbonyl (C=O) groups excluding carboxylic acids is 3. The lowest BCUT2D eigenvalue weighted by Crippen LogP contribution is -2.28. The Morgan fingerprint density at radius 1 is 0.756 bits per heavy atom. The minimum Gasteiger partial charge on any atom is -0.493 e. The van der Waals surface area contributed by atoms with Gasteiger partial charge in [-0.2, -0.15) is 0 Å². The number of thiophene rings is 2. The fourth-order valence-corrected chi connectivity index (χ4v) is 6.54. The number of hydrogen-bond donors (Lipinski definition) is 1. The van der Waals surface area contributed by atoms with Crippen LogP contribution in [0, 0.1) is 0 Å². The maximum atomic E-state index is 12.9. The first-order valence-electron chi connectivity index (χ1n) is 14.3. The summed E-state index contributed by atoms with van der Waals surface area (Å²) in [4.78, 5) is 50.4. The molecule has 240 valence electrons. The van der Waals surface area contributed by atoms with E-state index in [9.17, 15) is 19.2 Å². The number of amides is 1. The molecule has 0 saturated heterocycles. The first kappa shape index (κ1) is 33.5. The van der Waals surface area contributed by atoms with Crippen molar-refractivity contribution in [2.45, 2.75) is 32.6 Å². The van der Waals surface area contributed by atoms with Crippen LogP contribution in [0.25, 0.3) is 20.2 Å². The van der Waals surface area contributed by atoms with Gasteiger partial charge in [0, 0.05) is 48.0 Å². The average Bonchev–Trinajstić information content (AvgIpc) is 3.64. The van der Waals surface area contributed by atoms with E-state index in [4.69, 9.17) is 28.8 Å². The van der Waals surface area contributed by atoms with Gasteiger partial charge in [-0.15, -0.1) is 22.7 Å². The van der Waals surface area contributed by atoms with E-state index in [1.807, 2.05) is 18.2 Å². The molecule has 2 aromatic heterocycles. The Hall–Kier alpha value is -4.36. The number of esters is 1. The Kier molecular flexibility index (Phi) is 11.6. The van der Waals surface area contributed by atoms with Crippen molar-refractivity contribution in [2.24, 2.45) is 0 Å². The van der Waals surface area contributed by atoms with Crippen LogP contribution in [0.2, 0.25) is 0 Å². The molecule has 0 radical (unpaired) electrons. The molecule has 1 amide bonds. The van der Waals surface area contributed by atoms with Crippen molar-refractivity contribution in [3.8, 4) is 23.0 Å². The van der Waals surface area contributed by atoms with Gasteiger partial charge in [-0.25, -0.2) is 0 Å². The van der Waals surface area contributed by atoms with Crippen molar-refractivity contribution in [3.05, 3.63) is 46.2 Å². The van der Waals surface area contributed by atoms with Crippen LogP contribution in [0.5, 0.6) is 23.0 Å². The third kappa shape index (κ3) is 8.64. The Balaban J connectivity index is 1.35. The van der Waals surface area contributed by atoms with Crippen LogP contribution in [-0.4, -0.2) is 81.3 Å². The highest BCUT2D eigenvalue weighted by atomic mass is 32.1. The van der Waals surface area contributed by atoms with E-state index in [2.05, 4.69) is 0 Å². The first-order chi connectivity index (χ1) is 21.6. The lowest BCUT2D eigenvalue weighted by Gasteiger charge is -2.15. The Morgan fingerprint density at radius 3 is 1.84 bits per heavy atom. The smallest absolute Gasteiger partial charge is 0.307 e. The van der Waals surface area contributed by atoms with Gasteiger partial charge in [-0.1, -0.05) is 0 Å². The molecule has 0 aliphatic rings. The van der Waals surface area contributed by atoms with Gasteiger partial charge in [0.2, 0.25) is 0 Å². The first-order valence-corrected chi connectivity index (χ1v) is 15.9. The standard InChI is InChI=1S/C32H35NO10S2/c1-5-41-31(37)9-10-33(2)32(38)29-16-20-14-23(40-4)25(18-27(20)45-29)43-12-6-11-42-24-17-26-19(13-22(24)39-3)15-28(44-26)21(34)7-8-30(35)36/h13-18H,5-12H2,1-4H3,(H,35,36). The predicted octanol–water partition coefficient (Wildman–Crippen LogP) is 6.05. The van der Waals surface area contributed by atoms with Gasteiger partial charge in [0.25, 0.3) is 5.91 Å². The van der Waals surface area contributed by atoms with Crippen molar-refractivity contribution in [1.82, 2.24) is 4.90 Å². The molecule has 2 heterocycles. The Bertz CT molecular complexity index is 1690. The van der Waals surface area contributed by atoms with Gasteiger partial charge in [0.15, 0.2) is 28.8 Å². The third-order valence-corrected chi connectivity index (χ3v) is 8.99. The highest BCUT2D eigenvalue weighted by molar-refractivity contribution is 7.21. The molecule has 0 aliphatic heterocycles. The molecule has 0 unspecified atom stereocenters. The van der Waals surface area contributed by atoms with Crippen molar-refractivity contribution in [2.75, 3.05) is 47.6 Å². The van der Waals surface area contributed by atoms with Crippen LogP contribution in [0.15, 0.2) is 36.4 Å². The van der Waals surface area contributed by atoms with Gasteiger partial charge in [-0.05, 0) is 42.0 Å².